The zero-order valence-corrected chi connectivity index (χ0v) is 20.5. The number of anilines is 2. The minimum atomic E-state index is -0.531. The molecule has 5 aromatic rings. The molecule has 0 unspecified atom stereocenters. The Balaban J connectivity index is 1.46. The van der Waals surface area contributed by atoms with Gasteiger partial charge in [0.2, 0.25) is 0 Å². The Morgan fingerprint density at radius 2 is 1.36 bits per heavy atom. The minimum absolute atomic E-state index is 0.531. The molecule has 0 spiro atoms. The molecular formula is C32H30N4. The van der Waals surface area contributed by atoms with Gasteiger partial charge in [-0.1, -0.05) is 97.1 Å². The van der Waals surface area contributed by atoms with E-state index in [1.54, 1.807) is 0 Å². The van der Waals surface area contributed by atoms with E-state index in [1.165, 1.54) is 27.9 Å². The molecule has 2 heterocycles. The summed E-state index contributed by atoms with van der Waals surface area (Å²) in [5.74, 6) is 0. The standard InChI is InChI=1S/C32H30N4/c1-33-29-18-17-25-19-20-35(31(25)21-29)22-30-23-36(24-34-30)32(26-11-5-2-6-12-26,27-13-7-3-8-14-27)28-15-9-4-10-16-28/h2-18,21,23-24,33H,19-20,22H2,1H3. The van der Waals surface area contributed by atoms with E-state index >= 15 is 0 Å². The number of rotatable bonds is 7. The Labute approximate surface area is 212 Å². The first-order chi connectivity index (χ1) is 17.8. The van der Waals surface area contributed by atoms with Gasteiger partial charge in [0.1, 0.15) is 5.54 Å². The van der Waals surface area contributed by atoms with E-state index < -0.39 is 5.54 Å². The van der Waals surface area contributed by atoms with Gasteiger partial charge in [-0.05, 0) is 40.8 Å². The molecule has 4 aromatic carbocycles. The second kappa shape index (κ2) is 9.38. The Hall–Kier alpha value is -4.31. The summed E-state index contributed by atoms with van der Waals surface area (Å²) in [7, 11) is 1.97. The number of aromatic nitrogens is 2. The van der Waals surface area contributed by atoms with Gasteiger partial charge in [-0.25, -0.2) is 4.98 Å². The lowest BCUT2D eigenvalue weighted by Gasteiger charge is -2.37. The van der Waals surface area contributed by atoms with Crippen LogP contribution in [-0.2, 0) is 18.5 Å². The van der Waals surface area contributed by atoms with Crippen LogP contribution in [0.25, 0.3) is 0 Å². The fourth-order valence-corrected chi connectivity index (χ4v) is 5.57. The summed E-state index contributed by atoms with van der Waals surface area (Å²) in [6, 6.07) is 38.9. The van der Waals surface area contributed by atoms with E-state index in [0.29, 0.717) is 0 Å². The van der Waals surface area contributed by atoms with E-state index in [2.05, 4.69) is 130 Å². The highest BCUT2D eigenvalue weighted by molar-refractivity contribution is 5.65. The van der Waals surface area contributed by atoms with Gasteiger partial charge >= 0.3 is 0 Å². The van der Waals surface area contributed by atoms with E-state index in [9.17, 15) is 0 Å². The second-order valence-corrected chi connectivity index (χ2v) is 9.35. The molecule has 1 aromatic heterocycles. The predicted molar refractivity (Wildman–Crippen MR) is 148 cm³/mol. The van der Waals surface area contributed by atoms with Crippen molar-refractivity contribution in [3.05, 3.63) is 150 Å². The van der Waals surface area contributed by atoms with Crippen molar-refractivity contribution in [3.8, 4) is 0 Å². The molecule has 0 radical (unpaired) electrons. The van der Waals surface area contributed by atoms with Crippen molar-refractivity contribution in [2.24, 2.45) is 0 Å². The minimum Gasteiger partial charge on any atom is -0.388 e. The largest absolute Gasteiger partial charge is 0.388 e. The first-order valence-corrected chi connectivity index (χ1v) is 12.5. The van der Waals surface area contributed by atoms with E-state index in [-0.39, 0.29) is 0 Å². The molecule has 0 atom stereocenters. The topological polar surface area (TPSA) is 33.1 Å². The first-order valence-electron chi connectivity index (χ1n) is 12.5. The lowest BCUT2D eigenvalue weighted by Crippen LogP contribution is -2.37. The van der Waals surface area contributed by atoms with Crippen LogP contribution in [0.3, 0.4) is 0 Å². The van der Waals surface area contributed by atoms with Gasteiger partial charge in [-0.3, -0.25) is 0 Å². The van der Waals surface area contributed by atoms with E-state index in [0.717, 1.165) is 30.9 Å². The fourth-order valence-electron chi connectivity index (χ4n) is 5.57. The molecule has 6 rings (SSSR count). The molecule has 0 amide bonds. The Kier molecular flexibility index (Phi) is 5.78. The van der Waals surface area contributed by atoms with Crippen LogP contribution in [0.2, 0.25) is 0 Å². The average molecular weight is 471 g/mol. The maximum Gasteiger partial charge on any atom is 0.121 e. The Morgan fingerprint density at radius 3 is 1.92 bits per heavy atom. The van der Waals surface area contributed by atoms with Crippen LogP contribution in [0.1, 0.15) is 27.9 Å². The summed E-state index contributed by atoms with van der Waals surface area (Å²) >= 11 is 0. The van der Waals surface area contributed by atoms with Gasteiger partial charge in [0.05, 0.1) is 18.6 Å². The van der Waals surface area contributed by atoms with Crippen molar-refractivity contribution in [2.75, 3.05) is 23.8 Å². The lowest BCUT2D eigenvalue weighted by molar-refractivity contribution is 0.514. The van der Waals surface area contributed by atoms with E-state index in [1.807, 2.05) is 13.4 Å². The fraction of sp³-hybridized carbons (Fsp3) is 0.156. The summed E-state index contributed by atoms with van der Waals surface area (Å²) in [6.07, 6.45) is 5.30. The molecule has 0 saturated carbocycles. The molecule has 0 fully saturated rings. The molecule has 1 N–H and O–H groups in total. The number of nitrogens with zero attached hydrogens (tertiary/aromatic N) is 3. The molecule has 0 bridgehead atoms. The number of hydrogen-bond donors (Lipinski definition) is 1. The maximum atomic E-state index is 4.94. The number of hydrogen-bond acceptors (Lipinski definition) is 3. The quantitative estimate of drug-likeness (QED) is 0.282. The second-order valence-electron chi connectivity index (χ2n) is 9.35. The van der Waals surface area contributed by atoms with Crippen molar-refractivity contribution >= 4 is 11.4 Å². The van der Waals surface area contributed by atoms with Crippen LogP contribution in [0, 0.1) is 0 Å². The molecule has 36 heavy (non-hydrogen) atoms. The van der Waals surface area contributed by atoms with Gasteiger partial charge in [-0.2, -0.15) is 0 Å². The third kappa shape index (κ3) is 3.75. The summed E-state index contributed by atoms with van der Waals surface area (Å²) in [4.78, 5) is 7.39. The number of benzene rings is 4. The van der Waals surface area contributed by atoms with Gasteiger partial charge in [-0.15, -0.1) is 0 Å². The lowest BCUT2D eigenvalue weighted by atomic mass is 9.77. The smallest absolute Gasteiger partial charge is 0.121 e. The Bertz CT molecular complexity index is 1350. The van der Waals surface area contributed by atoms with Crippen LogP contribution in [0.5, 0.6) is 0 Å². The number of fused-ring (bicyclic) bond motifs is 1. The molecule has 1 aliphatic rings. The summed E-state index contributed by atoms with van der Waals surface area (Å²) < 4.78 is 2.29. The average Bonchev–Trinajstić information content (AvgIpc) is 3.58. The Morgan fingerprint density at radius 1 is 0.778 bits per heavy atom. The summed E-state index contributed by atoms with van der Waals surface area (Å²) in [5.41, 5.74) is 7.99. The highest BCUT2D eigenvalue weighted by atomic mass is 15.2. The van der Waals surface area contributed by atoms with Crippen LogP contribution in [0.4, 0.5) is 11.4 Å². The van der Waals surface area contributed by atoms with Crippen LogP contribution in [-0.4, -0.2) is 23.1 Å². The number of imidazole rings is 1. The molecule has 4 nitrogen and oxygen atoms in total. The van der Waals surface area contributed by atoms with Crippen molar-refractivity contribution in [3.63, 3.8) is 0 Å². The molecule has 1 aliphatic heterocycles. The number of nitrogens with one attached hydrogen (secondary N) is 1. The van der Waals surface area contributed by atoms with Gasteiger partial charge in [0.25, 0.3) is 0 Å². The third-order valence-corrected chi connectivity index (χ3v) is 7.32. The molecule has 178 valence electrons. The van der Waals surface area contributed by atoms with Crippen molar-refractivity contribution in [2.45, 2.75) is 18.5 Å². The van der Waals surface area contributed by atoms with Crippen LogP contribution < -0.4 is 10.2 Å². The molecular weight excluding hydrogens is 440 g/mol. The third-order valence-electron chi connectivity index (χ3n) is 7.32. The zero-order valence-electron chi connectivity index (χ0n) is 20.5. The summed E-state index contributed by atoms with van der Waals surface area (Å²) in [5, 5.41) is 3.27. The van der Waals surface area contributed by atoms with Gasteiger partial charge < -0.3 is 14.8 Å². The highest BCUT2D eigenvalue weighted by Gasteiger charge is 2.38. The molecule has 4 heteroatoms. The molecule has 0 aliphatic carbocycles. The monoisotopic (exact) mass is 470 g/mol. The van der Waals surface area contributed by atoms with E-state index in [4.69, 9.17) is 4.98 Å². The highest BCUT2D eigenvalue weighted by Crippen LogP contribution is 2.41. The SMILES string of the molecule is CNc1ccc2c(c1)N(Cc1cn(C(c3ccccc3)(c3ccccc3)c3ccccc3)cn1)CC2. The maximum absolute atomic E-state index is 4.94. The van der Waals surface area contributed by atoms with Crippen LogP contribution >= 0.6 is 0 Å². The van der Waals surface area contributed by atoms with Gasteiger partial charge in [0, 0.05) is 31.2 Å². The first kappa shape index (κ1) is 22.2. The van der Waals surface area contributed by atoms with Crippen LogP contribution in [0.15, 0.2) is 122 Å². The predicted octanol–water partition coefficient (Wildman–Crippen LogP) is 6.33. The zero-order chi connectivity index (χ0) is 24.4. The van der Waals surface area contributed by atoms with Crippen molar-refractivity contribution in [1.29, 1.82) is 0 Å². The summed E-state index contributed by atoms with van der Waals surface area (Å²) in [6.45, 7) is 1.79. The van der Waals surface area contributed by atoms with Crippen molar-refractivity contribution in [1.82, 2.24) is 9.55 Å². The molecule has 0 saturated heterocycles. The van der Waals surface area contributed by atoms with Crippen molar-refractivity contribution < 1.29 is 0 Å². The normalized spacial score (nSPS) is 13.0. The van der Waals surface area contributed by atoms with Gasteiger partial charge in [0.15, 0.2) is 0 Å².